The summed E-state index contributed by atoms with van der Waals surface area (Å²) in [6.07, 6.45) is 19.9. The van der Waals surface area contributed by atoms with Gasteiger partial charge in [-0.2, -0.15) is 0 Å². The lowest BCUT2D eigenvalue weighted by molar-refractivity contribution is 0.766. The Kier molecular flexibility index (Phi) is 39.9. The van der Waals surface area contributed by atoms with Crippen molar-refractivity contribution < 1.29 is 0 Å². The fourth-order valence-corrected chi connectivity index (χ4v) is 11.4. The van der Waals surface area contributed by atoms with Gasteiger partial charge < -0.3 is 0 Å². The van der Waals surface area contributed by atoms with E-state index in [2.05, 4.69) is 239 Å². The lowest BCUT2D eigenvalue weighted by Gasteiger charge is -2.10. The van der Waals surface area contributed by atoms with Crippen LogP contribution >= 0.6 is 0 Å². The largest absolute Gasteiger partial charge is 0.265 e. The van der Waals surface area contributed by atoms with Crippen LogP contribution < -0.4 is 0 Å². The third-order valence-electron chi connectivity index (χ3n) is 18.7. The maximum atomic E-state index is 4.75. The molecule has 0 atom stereocenters. The van der Waals surface area contributed by atoms with Crippen LogP contribution in [0, 0.1) is 0 Å². The zero-order chi connectivity index (χ0) is 88.1. The van der Waals surface area contributed by atoms with Crippen LogP contribution in [-0.2, 0) is 0 Å². The Hall–Kier alpha value is -13.6. The molecule has 0 saturated heterocycles. The summed E-state index contributed by atoms with van der Waals surface area (Å²) in [4.78, 5) is 69.6. The topological polar surface area (TPSA) is 206 Å². The third-order valence-corrected chi connectivity index (χ3v) is 18.7. The number of benzene rings is 7. The molecule has 0 saturated carbocycles. The summed E-state index contributed by atoms with van der Waals surface area (Å²) >= 11 is 0. The molecule has 0 amide bonds. The smallest absolute Gasteiger partial charge is 0.163 e. The summed E-state index contributed by atoms with van der Waals surface area (Å²) in [6, 6.07) is 93.1. The molecule has 628 valence electrons. The van der Waals surface area contributed by atoms with E-state index in [0.717, 1.165) is 114 Å². The second-order valence-electron chi connectivity index (χ2n) is 31.7. The summed E-state index contributed by atoms with van der Waals surface area (Å²) in [5, 5.41) is 0. The summed E-state index contributed by atoms with van der Waals surface area (Å²) in [6.45, 7) is 38.4. The highest BCUT2D eigenvalue weighted by atomic mass is 15.0. The fourth-order valence-electron chi connectivity index (χ4n) is 11.4. The van der Waals surface area contributed by atoms with Gasteiger partial charge in [0.1, 0.15) is 23.8 Å². The number of hydrogen-bond acceptors (Lipinski definition) is 16. The van der Waals surface area contributed by atoms with Crippen molar-refractivity contribution >= 4 is 0 Å². The van der Waals surface area contributed by atoms with Crippen LogP contribution in [0.2, 0.25) is 0 Å². The molecule has 0 spiro atoms. The first kappa shape index (κ1) is 94.9. The van der Waals surface area contributed by atoms with Gasteiger partial charge in [-0.15, -0.1) is 0 Å². The highest BCUT2D eigenvalue weighted by Gasteiger charge is 2.16. The summed E-state index contributed by atoms with van der Waals surface area (Å²) in [7, 11) is 0. The summed E-state index contributed by atoms with van der Waals surface area (Å²) in [5.41, 5.74) is 17.6. The first-order valence-corrected chi connectivity index (χ1v) is 42.5. The van der Waals surface area contributed by atoms with Crippen LogP contribution in [0.4, 0.5) is 0 Å². The van der Waals surface area contributed by atoms with Gasteiger partial charge in [-0.1, -0.05) is 349 Å². The molecule has 0 bridgehead atoms. The average Bonchev–Trinajstić information content (AvgIpc) is 0.826. The molecule has 0 unspecified atom stereocenters. The first-order valence-electron chi connectivity index (χ1n) is 42.5. The Morgan fingerprint density at radius 1 is 0.179 bits per heavy atom. The minimum Gasteiger partial charge on any atom is -0.265 e. The van der Waals surface area contributed by atoms with Gasteiger partial charge in [0.15, 0.2) is 23.3 Å². The maximum Gasteiger partial charge on any atom is 0.163 e. The monoisotopic (exact) mass is 1630 g/mol. The standard InChI is InChI=1S/2C19H18N2.C18H17N3.C13H14N2.3C8H11N.2C7H10N2/c1-14(2)19-20-17(15-9-5-3-6-10-15)13-18(21-19)16-11-7-4-8-12-16;1-14(2)17-13-18(15-9-5-3-6-10-15)21-19(20-17)16-11-7-4-8-12-16;1-13(2)16-19-17(14-9-5-3-6-10-14)21-18(20-16)15-11-7-4-8-12-15;1-10(2)12-8-14-13(15-9-12)11-6-4-3-5-7-11;1-7(2)8-3-5-9-6-4-8;1-7(2)8-4-3-5-9-6-8;1-7(2)8-5-3-4-6-9-8;1-6(2)7-3-4-8-5-9-7;1-6(2)7-8-4-3-5-9-7/h2*3-14H,1-2H3;3-13H,1-2H3;3-10H,1-2H3;3*3-7H,1-2H3;2*3-6H,1-2H3. The van der Waals surface area contributed by atoms with E-state index in [1.807, 2.05) is 262 Å². The van der Waals surface area contributed by atoms with Gasteiger partial charge >= 0.3 is 0 Å². The number of hydrogen-bond donors (Lipinski definition) is 0. The van der Waals surface area contributed by atoms with Crippen molar-refractivity contribution in [1.82, 2.24) is 79.7 Å². The molecule has 9 heterocycles. The van der Waals surface area contributed by atoms with Crippen molar-refractivity contribution in [2.45, 2.75) is 178 Å². The van der Waals surface area contributed by atoms with Crippen LogP contribution in [0.1, 0.15) is 229 Å². The molecule has 7 aromatic carbocycles. The van der Waals surface area contributed by atoms with Crippen LogP contribution in [0.15, 0.2) is 347 Å². The van der Waals surface area contributed by atoms with E-state index in [0.29, 0.717) is 47.3 Å². The van der Waals surface area contributed by atoms with Gasteiger partial charge in [0.25, 0.3) is 0 Å². The second-order valence-corrected chi connectivity index (χ2v) is 31.7. The minimum absolute atomic E-state index is 0.262. The van der Waals surface area contributed by atoms with Gasteiger partial charge in [0.2, 0.25) is 0 Å². The predicted molar refractivity (Wildman–Crippen MR) is 508 cm³/mol. The molecule has 0 fully saturated rings. The SMILES string of the molecule is CC(C)c1cc(-c2ccccc2)nc(-c2ccccc2)n1.CC(C)c1ccccn1.CC(C)c1cccnc1.CC(C)c1ccncc1.CC(C)c1ccncn1.CC(C)c1cnc(-c2ccccc2)nc1.CC(C)c1nc(-c2ccccc2)cc(-c2ccccc2)n1.CC(C)c1nc(-c2ccccc2)nc(-c2ccccc2)n1.CC(C)c1ncccn1. The molecular formula is C107H120N16. The molecule has 16 nitrogen and oxygen atoms in total. The molecular weight excluding hydrogens is 1510 g/mol. The zero-order valence-corrected chi connectivity index (χ0v) is 74.8. The number of rotatable bonds is 16. The second kappa shape index (κ2) is 51.8. The Labute approximate surface area is 731 Å². The lowest BCUT2D eigenvalue weighted by Crippen LogP contribution is -2.04. The highest BCUT2D eigenvalue weighted by Crippen LogP contribution is 2.29. The Bertz CT molecular complexity index is 4760. The normalized spacial score (nSPS) is 10.5. The summed E-state index contributed by atoms with van der Waals surface area (Å²) in [5.74, 6) is 9.79. The van der Waals surface area contributed by atoms with Crippen molar-refractivity contribution in [3.8, 4) is 79.3 Å². The predicted octanol–water partition coefficient (Wildman–Crippen LogP) is 27.3. The Morgan fingerprint density at radius 3 is 0.870 bits per heavy atom. The molecule has 0 N–H and O–H groups in total. The van der Waals surface area contributed by atoms with Gasteiger partial charge in [-0.3, -0.25) is 15.0 Å². The maximum absolute atomic E-state index is 4.75. The minimum atomic E-state index is 0.262. The number of nitrogens with zero attached hydrogens (tertiary/aromatic N) is 16. The zero-order valence-electron chi connectivity index (χ0n) is 74.8. The molecule has 16 heteroatoms. The molecule has 0 aliphatic carbocycles. The third kappa shape index (κ3) is 33.2. The molecule has 0 radical (unpaired) electrons. The van der Waals surface area contributed by atoms with E-state index < -0.39 is 0 Å². The van der Waals surface area contributed by atoms with Crippen molar-refractivity contribution in [3.05, 3.63) is 399 Å². The van der Waals surface area contributed by atoms with Crippen molar-refractivity contribution in [2.75, 3.05) is 0 Å². The van der Waals surface area contributed by atoms with E-state index in [9.17, 15) is 0 Å². The molecule has 123 heavy (non-hydrogen) atoms. The first-order chi connectivity index (χ1) is 59.5. The van der Waals surface area contributed by atoms with Gasteiger partial charge in [-0.25, -0.2) is 64.8 Å². The van der Waals surface area contributed by atoms with E-state index in [1.54, 1.807) is 31.1 Å². The van der Waals surface area contributed by atoms with E-state index in [4.69, 9.17) is 19.9 Å². The average molecular weight is 1630 g/mol. The number of aromatic nitrogens is 16. The van der Waals surface area contributed by atoms with E-state index >= 15 is 0 Å². The Morgan fingerprint density at radius 2 is 0.545 bits per heavy atom. The van der Waals surface area contributed by atoms with E-state index in [-0.39, 0.29) is 5.92 Å². The molecule has 16 rings (SSSR count). The quantitative estimate of drug-likeness (QED) is 0.0881. The number of pyridine rings is 3. The van der Waals surface area contributed by atoms with Gasteiger partial charge in [0, 0.05) is 136 Å². The molecule has 16 aromatic rings. The molecule has 0 aliphatic heterocycles. The fraction of sp³-hybridized carbons (Fsp3) is 0.252. The van der Waals surface area contributed by atoms with E-state index in [1.165, 1.54) is 16.7 Å². The highest BCUT2D eigenvalue weighted by molar-refractivity contribution is 5.69. The van der Waals surface area contributed by atoms with Crippen LogP contribution in [-0.4, -0.2) is 79.7 Å². The van der Waals surface area contributed by atoms with Crippen molar-refractivity contribution in [2.24, 2.45) is 0 Å². The molecule has 9 aromatic heterocycles. The van der Waals surface area contributed by atoms with Crippen LogP contribution in [0.3, 0.4) is 0 Å². The van der Waals surface area contributed by atoms with Gasteiger partial charge in [-0.05, 0) is 107 Å². The van der Waals surface area contributed by atoms with Crippen molar-refractivity contribution in [1.29, 1.82) is 0 Å². The van der Waals surface area contributed by atoms with Gasteiger partial charge in [0.05, 0.1) is 17.1 Å². The van der Waals surface area contributed by atoms with Crippen molar-refractivity contribution in [3.63, 3.8) is 0 Å². The van der Waals surface area contributed by atoms with Crippen LogP contribution in [0.25, 0.3) is 79.3 Å². The van der Waals surface area contributed by atoms with Crippen LogP contribution in [0.5, 0.6) is 0 Å². The lowest BCUT2D eigenvalue weighted by atomic mass is 10.1. The summed E-state index contributed by atoms with van der Waals surface area (Å²) < 4.78 is 0. The molecule has 0 aliphatic rings. The Balaban J connectivity index is 0.000000176.